The second-order valence-corrected chi connectivity index (χ2v) is 4.88. The van der Waals surface area contributed by atoms with Crippen LogP contribution in [0.25, 0.3) is 0 Å². The summed E-state index contributed by atoms with van der Waals surface area (Å²) in [5, 5.41) is 8.90. The molecule has 2 rings (SSSR count). The Bertz CT molecular complexity index is 222. The van der Waals surface area contributed by atoms with Gasteiger partial charge in [-0.2, -0.15) is 0 Å². The minimum absolute atomic E-state index is 0.103. The molecule has 1 amide bonds. The highest BCUT2D eigenvalue weighted by Gasteiger charge is 2.32. The van der Waals surface area contributed by atoms with E-state index in [4.69, 9.17) is 5.11 Å². The standard InChI is InChI=1S/C12H21NO2/c14-9-8-13(11-5-6-11)12(15)7-4-10-2-1-3-10/h10-11,14H,1-9H2. The third-order valence-corrected chi connectivity index (χ3v) is 3.64. The summed E-state index contributed by atoms with van der Waals surface area (Å²) in [5.74, 6) is 1.07. The van der Waals surface area contributed by atoms with Gasteiger partial charge in [0.05, 0.1) is 6.61 Å². The number of rotatable bonds is 6. The van der Waals surface area contributed by atoms with E-state index in [0.717, 1.165) is 25.2 Å². The summed E-state index contributed by atoms with van der Waals surface area (Å²) in [7, 11) is 0. The molecule has 0 bridgehead atoms. The molecule has 0 aromatic rings. The Hall–Kier alpha value is -0.570. The van der Waals surface area contributed by atoms with Crippen LogP contribution in [0.15, 0.2) is 0 Å². The smallest absolute Gasteiger partial charge is 0.222 e. The number of nitrogens with zero attached hydrogens (tertiary/aromatic N) is 1. The van der Waals surface area contributed by atoms with E-state index < -0.39 is 0 Å². The second-order valence-electron chi connectivity index (χ2n) is 4.88. The highest BCUT2D eigenvalue weighted by atomic mass is 16.3. The van der Waals surface area contributed by atoms with Crippen molar-refractivity contribution < 1.29 is 9.90 Å². The topological polar surface area (TPSA) is 40.5 Å². The molecule has 0 heterocycles. The lowest BCUT2D eigenvalue weighted by molar-refractivity contribution is -0.132. The molecule has 0 saturated heterocycles. The van der Waals surface area contributed by atoms with Crippen LogP contribution in [0.2, 0.25) is 0 Å². The van der Waals surface area contributed by atoms with E-state index in [2.05, 4.69) is 0 Å². The summed E-state index contributed by atoms with van der Waals surface area (Å²) in [5.41, 5.74) is 0. The molecule has 0 spiro atoms. The molecule has 0 unspecified atom stereocenters. The Labute approximate surface area is 91.5 Å². The first-order valence-corrected chi connectivity index (χ1v) is 6.21. The number of carbonyl (C=O) groups excluding carboxylic acids is 1. The zero-order valence-electron chi connectivity index (χ0n) is 9.32. The molecule has 86 valence electrons. The van der Waals surface area contributed by atoms with E-state index in [1.165, 1.54) is 19.3 Å². The van der Waals surface area contributed by atoms with Crippen LogP contribution in [0.4, 0.5) is 0 Å². The molecule has 2 aliphatic rings. The lowest BCUT2D eigenvalue weighted by atomic mass is 9.82. The van der Waals surface area contributed by atoms with Crippen LogP contribution in [0.5, 0.6) is 0 Å². The van der Waals surface area contributed by atoms with Gasteiger partial charge in [0.15, 0.2) is 0 Å². The van der Waals surface area contributed by atoms with Gasteiger partial charge in [0, 0.05) is 19.0 Å². The van der Waals surface area contributed by atoms with Gasteiger partial charge in [-0.25, -0.2) is 0 Å². The molecule has 1 N–H and O–H groups in total. The largest absolute Gasteiger partial charge is 0.395 e. The molecule has 3 nitrogen and oxygen atoms in total. The van der Waals surface area contributed by atoms with Crippen molar-refractivity contribution >= 4 is 5.91 Å². The fraction of sp³-hybridized carbons (Fsp3) is 0.917. The predicted octanol–water partition coefficient (Wildman–Crippen LogP) is 1.55. The van der Waals surface area contributed by atoms with Crippen LogP contribution < -0.4 is 0 Å². The van der Waals surface area contributed by atoms with Crippen LogP contribution in [-0.4, -0.2) is 35.1 Å². The van der Waals surface area contributed by atoms with E-state index in [1.54, 1.807) is 0 Å². The molecule has 0 aromatic heterocycles. The van der Waals surface area contributed by atoms with Gasteiger partial charge < -0.3 is 10.0 Å². The van der Waals surface area contributed by atoms with Crippen molar-refractivity contribution in [1.82, 2.24) is 4.90 Å². The average Bonchev–Trinajstić information content (AvgIpc) is 2.94. The van der Waals surface area contributed by atoms with E-state index in [9.17, 15) is 4.79 Å². The summed E-state index contributed by atoms with van der Waals surface area (Å²) in [6, 6.07) is 0.450. The summed E-state index contributed by atoms with van der Waals surface area (Å²) >= 11 is 0. The number of hydrogen-bond donors (Lipinski definition) is 1. The maximum Gasteiger partial charge on any atom is 0.222 e. The zero-order chi connectivity index (χ0) is 10.7. The normalized spacial score (nSPS) is 21.1. The quantitative estimate of drug-likeness (QED) is 0.724. The maximum atomic E-state index is 11.9. The van der Waals surface area contributed by atoms with E-state index in [-0.39, 0.29) is 12.5 Å². The molecule has 0 radical (unpaired) electrons. The van der Waals surface area contributed by atoms with Gasteiger partial charge in [-0.05, 0) is 25.2 Å². The second kappa shape index (κ2) is 4.97. The molecule has 0 atom stereocenters. The molecule has 2 aliphatic carbocycles. The number of aliphatic hydroxyl groups excluding tert-OH is 1. The first-order chi connectivity index (χ1) is 7.31. The molecule has 0 aromatic carbocycles. The molecule has 2 fully saturated rings. The maximum absolute atomic E-state index is 11.9. The third-order valence-electron chi connectivity index (χ3n) is 3.64. The Balaban J connectivity index is 1.71. The molecule has 15 heavy (non-hydrogen) atoms. The monoisotopic (exact) mass is 211 g/mol. The highest BCUT2D eigenvalue weighted by Crippen LogP contribution is 2.32. The van der Waals surface area contributed by atoms with Gasteiger partial charge >= 0.3 is 0 Å². The Morgan fingerprint density at radius 2 is 2.00 bits per heavy atom. The molecule has 3 heteroatoms. The Kier molecular flexibility index (Phi) is 3.62. The minimum Gasteiger partial charge on any atom is -0.395 e. The first kappa shape index (κ1) is 10.9. The molecule has 2 saturated carbocycles. The number of carbonyl (C=O) groups is 1. The lowest BCUT2D eigenvalue weighted by Gasteiger charge is -2.27. The van der Waals surface area contributed by atoms with Crippen molar-refractivity contribution in [3.8, 4) is 0 Å². The fourth-order valence-corrected chi connectivity index (χ4v) is 2.26. The Morgan fingerprint density at radius 3 is 2.47 bits per heavy atom. The summed E-state index contributed by atoms with van der Waals surface area (Å²) < 4.78 is 0. The average molecular weight is 211 g/mol. The van der Waals surface area contributed by atoms with Gasteiger partial charge in [-0.15, -0.1) is 0 Å². The van der Waals surface area contributed by atoms with Crippen molar-refractivity contribution in [2.24, 2.45) is 5.92 Å². The lowest BCUT2D eigenvalue weighted by Crippen LogP contribution is -2.35. The fourth-order valence-electron chi connectivity index (χ4n) is 2.26. The van der Waals surface area contributed by atoms with Gasteiger partial charge in [-0.1, -0.05) is 19.3 Å². The van der Waals surface area contributed by atoms with E-state index in [0.29, 0.717) is 19.0 Å². The van der Waals surface area contributed by atoms with Crippen LogP contribution in [0.3, 0.4) is 0 Å². The van der Waals surface area contributed by atoms with Gasteiger partial charge in [-0.3, -0.25) is 4.79 Å². The van der Waals surface area contributed by atoms with Crippen LogP contribution in [0, 0.1) is 5.92 Å². The van der Waals surface area contributed by atoms with E-state index >= 15 is 0 Å². The zero-order valence-corrected chi connectivity index (χ0v) is 9.32. The number of hydrogen-bond acceptors (Lipinski definition) is 2. The van der Waals surface area contributed by atoms with Crippen molar-refractivity contribution in [3.05, 3.63) is 0 Å². The van der Waals surface area contributed by atoms with Gasteiger partial charge in [0.25, 0.3) is 0 Å². The van der Waals surface area contributed by atoms with Crippen LogP contribution in [-0.2, 0) is 4.79 Å². The summed E-state index contributed by atoms with van der Waals surface area (Å²) in [4.78, 5) is 13.8. The van der Waals surface area contributed by atoms with Gasteiger partial charge in [0.1, 0.15) is 0 Å². The van der Waals surface area contributed by atoms with Gasteiger partial charge in [0.2, 0.25) is 5.91 Å². The molecular formula is C12H21NO2. The van der Waals surface area contributed by atoms with E-state index in [1.807, 2.05) is 4.90 Å². The van der Waals surface area contributed by atoms with Crippen molar-refractivity contribution in [2.75, 3.05) is 13.2 Å². The number of aliphatic hydroxyl groups is 1. The molecular weight excluding hydrogens is 190 g/mol. The summed E-state index contributed by atoms with van der Waals surface area (Å²) in [6.07, 6.45) is 8.01. The first-order valence-electron chi connectivity index (χ1n) is 6.21. The van der Waals surface area contributed by atoms with Crippen molar-refractivity contribution in [2.45, 2.75) is 51.0 Å². The molecule has 0 aliphatic heterocycles. The predicted molar refractivity (Wildman–Crippen MR) is 58.4 cm³/mol. The van der Waals surface area contributed by atoms with Crippen LogP contribution >= 0.6 is 0 Å². The van der Waals surface area contributed by atoms with Crippen molar-refractivity contribution in [3.63, 3.8) is 0 Å². The van der Waals surface area contributed by atoms with Crippen LogP contribution in [0.1, 0.15) is 44.9 Å². The number of amides is 1. The SMILES string of the molecule is O=C(CCC1CCC1)N(CCO)C1CC1. The third kappa shape index (κ3) is 2.94. The van der Waals surface area contributed by atoms with Crippen molar-refractivity contribution in [1.29, 1.82) is 0 Å². The Morgan fingerprint density at radius 1 is 1.27 bits per heavy atom. The minimum atomic E-state index is 0.103. The highest BCUT2D eigenvalue weighted by molar-refractivity contribution is 5.76. The summed E-state index contributed by atoms with van der Waals surface area (Å²) in [6.45, 7) is 0.639.